The number of aliphatic hydroxyl groups excluding tert-OH is 1. The quantitative estimate of drug-likeness (QED) is 0.427. The molecule has 0 radical (unpaired) electrons. The fraction of sp³-hybridized carbons (Fsp3) is 0.789. The summed E-state index contributed by atoms with van der Waals surface area (Å²) in [5.74, 6) is -1.37. The molecule has 5 N–H and O–H groups in total. The zero-order valence-electron chi connectivity index (χ0n) is 17.3. The van der Waals surface area contributed by atoms with Crippen molar-refractivity contribution in [2.45, 2.75) is 76.7 Å². The van der Waals surface area contributed by atoms with Crippen LogP contribution in [0.1, 0.15) is 52.9 Å². The largest absolute Gasteiger partial charge is 0.444 e. The molecule has 3 unspecified atom stereocenters. The van der Waals surface area contributed by atoms with Crippen molar-refractivity contribution in [1.29, 1.82) is 0 Å². The zero-order chi connectivity index (χ0) is 21.8. The normalized spacial score (nSPS) is 21.2. The fourth-order valence-corrected chi connectivity index (χ4v) is 3.36. The third kappa shape index (κ3) is 7.19. The van der Waals surface area contributed by atoms with Gasteiger partial charge in [0.05, 0.1) is 6.04 Å². The number of rotatable bonds is 8. The molecule has 1 heterocycles. The summed E-state index contributed by atoms with van der Waals surface area (Å²) in [5.41, 5.74) is 4.51. The van der Waals surface area contributed by atoms with E-state index < -0.39 is 47.6 Å². The number of hydrogen-bond acceptors (Lipinski definition) is 6. The van der Waals surface area contributed by atoms with Crippen LogP contribution in [0.15, 0.2) is 0 Å². The number of nitrogens with one attached hydrogen (secondary N) is 2. The average Bonchev–Trinajstić information content (AvgIpc) is 3.28. The predicted molar refractivity (Wildman–Crippen MR) is 103 cm³/mol. The van der Waals surface area contributed by atoms with Crippen LogP contribution in [-0.2, 0) is 19.1 Å². The van der Waals surface area contributed by atoms with Crippen molar-refractivity contribution in [2.75, 3.05) is 13.1 Å². The van der Waals surface area contributed by atoms with Gasteiger partial charge >= 0.3 is 6.09 Å². The number of nitrogens with two attached hydrogens (primary N) is 1. The van der Waals surface area contributed by atoms with Gasteiger partial charge in [0.2, 0.25) is 17.7 Å². The second-order valence-electron chi connectivity index (χ2n) is 8.74. The molecule has 1 aliphatic carbocycles. The lowest BCUT2D eigenvalue weighted by atomic mass is 10.0. The number of ether oxygens (including phenoxy) is 1. The van der Waals surface area contributed by atoms with Crippen LogP contribution in [0, 0.1) is 5.92 Å². The molecule has 2 fully saturated rings. The molecule has 164 valence electrons. The summed E-state index contributed by atoms with van der Waals surface area (Å²) < 4.78 is 5.10. The van der Waals surface area contributed by atoms with E-state index in [2.05, 4.69) is 10.6 Å². The van der Waals surface area contributed by atoms with Gasteiger partial charge in [-0.15, -0.1) is 0 Å². The van der Waals surface area contributed by atoms with Crippen LogP contribution in [0.3, 0.4) is 0 Å². The van der Waals surface area contributed by atoms with Gasteiger partial charge in [-0.25, -0.2) is 4.79 Å². The highest BCUT2D eigenvalue weighted by Gasteiger charge is 2.38. The van der Waals surface area contributed by atoms with E-state index in [1.807, 2.05) is 0 Å². The Morgan fingerprint density at radius 2 is 1.86 bits per heavy atom. The molecule has 10 heteroatoms. The first-order valence-corrected chi connectivity index (χ1v) is 10.0. The Labute approximate surface area is 170 Å². The van der Waals surface area contributed by atoms with Crippen molar-refractivity contribution in [3.05, 3.63) is 0 Å². The molecule has 3 atom stereocenters. The number of aliphatic hydroxyl groups is 1. The number of nitrogens with zero attached hydrogens (tertiary/aromatic N) is 1. The van der Waals surface area contributed by atoms with Crippen molar-refractivity contribution < 1.29 is 29.0 Å². The molecular weight excluding hydrogens is 380 g/mol. The summed E-state index contributed by atoms with van der Waals surface area (Å²) >= 11 is 0. The van der Waals surface area contributed by atoms with Gasteiger partial charge in [-0.2, -0.15) is 0 Å². The molecule has 1 saturated heterocycles. The van der Waals surface area contributed by atoms with Crippen molar-refractivity contribution in [2.24, 2.45) is 11.7 Å². The van der Waals surface area contributed by atoms with Crippen LogP contribution < -0.4 is 16.4 Å². The SMILES string of the molecule is CC(C)(C)OC(=O)NCC(=O)N1CCCC1C(=O)NC(CC1CC1)C(O)C(N)=O. The summed E-state index contributed by atoms with van der Waals surface area (Å²) in [5, 5.41) is 15.1. The van der Waals surface area contributed by atoms with E-state index in [1.165, 1.54) is 4.90 Å². The minimum atomic E-state index is -1.47. The predicted octanol–water partition coefficient (Wildman–Crippen LogP) is -0.367. The Hall–Kier alpha value is -2.36. The van der Waals surface area contributed by atoms with Gasteiger partial charge in [-0.3, -0.25) is 14.4 Å². The Morgan fingerprint density at radius 1 is 1.21 bits per heavy atom. The van der Waals surface area contributed by atoms with Gasteiger partial charge in [0, 0.05) is 6.54 Å². The summed E-state index contributed by atoms with van der Waals surface area (Å²) in [6.07, 6.45) is 1.37. The molecule has 0 aromatic carbocycles. The first kappa shape index (κ1) is 22.9. The van der Waals surface area contributed by atoms with E-state index in [4.69, 9.17) is 10.5 Å². The molecule has 2 aliphatic rings. The summed E-state index contributed by atoms with van der Waals surface area (Å²) in [7, 11) is 0. The molecule has 1 aliphatic heterocycles. The van der Waals surface area contributed by atoms with E-state index >= 15 is 0 Å². The minimum absolute atomic E-state index is 0.284. The summed E-state index contributed by atoms with van der Waals surface area (Å²) in [6, 6.07) is -1.49. The number of primary amides is 1. The molecule has 2 rings (SSSR count). The molecule has 10 nitrogen and oxygen atoms in total. The van der Waals surface area contributed by atoms with Crippen LogP contribution in [0.5, 0.6) is 0 Å². The van der Waals surface area contributed by atoms with Gasteiger partial charge in [-0.05, 0) is 46.0 Å². The molecule has 0 spiro atoms. The fourth-order valence-electron chi connectivity index (χ4n) is 3.36. The van der Waals surface area contributed by atoms with Crippen molar-refractivity contribution >= 4 is 23.8 Å². The second-order valence-corrected chi connectivity index (χ2v) is 8.74. The highest BCUT2D eigenvalue weighted by Crippen LogP contribution is 2.34. The van der Waals surface area contributed by atoms with Crippen LogP contribution in [0.25, 0.3) is 0 Å². The number of carbonyl (C=O) groups is 4. The Morgan fingerprint density at radius 3 is 2.41 bits per heavy atom. The standard InChI is InChI=1S/C19H32N4O6/c1-19(2,3)29-18(28)21-10-14(24)23-8-4-5-13(23)17(27)22-12(9-11-6-7-11)15(25)16(20)26/h11-13,15,25H,4-10H2,1-3H3,(H2,20,26)(H,21,28)(H,22,27). The number of amides is 4. The third-order valence-corrected chi connectivity index (χ3v) is 4.94. The topological polar surface area (TPSA) is 151 Å². The maximum absolute atomic E-state index is 12.7. The van der Waals surface area contributed by atoms with Crippen LogP contribution >= 0.6 is 0 Å². The van der Waals surface area contributed by atoms with E-state index in [-0.39, 0.29) is 6.54 Å². The highest BCUT2D eigenvalue weighted by atomic mass is 16.6. The van der Waals surface area contributed by atoms with Crippen molar-refractivity contribution in [1.82, 2.24) is 15.5 Å². The summed E-state index contributed by atoms with van der Waals surface area (Å²) in [4.78, 5) is 49.7. The number of hydrogen-bond donors (Lipinski definition) is 4. The van der Waals surface area contributed by atoms with Crippen molar-refractivity contribution in [3.63, 3.8) is 0 Å². The van der Waals surface area contributed by atoms with E-state index in [0.29, 0.717) is 31.7 Å². The first-order chi connectivity index (χ1) is 13.5. The molecule has 0 aromatic heterocycles. The van der Waals surface area contributed by atoms with E-state index in [9.17, 15) is 24.3 Å². The highest BCUT2D eigenvalue weighted by molar-refractivity contribution is 5.90. The number of carbonyl (C=O) groups excluding carboxylic acids is 4. The second kappa shape index (κ2) is 9.43. The molecule has 1 saturated carbocycles. The lowest BCUT2D eigenvalue weighted by Crippen LogP contribution is -2.55. The van der Waals surface area contributed by atoms with Gasteiger partial charge < -0.3 is 31.1 Å². The maximum atomic E-state index is 12.7. The third-order valence-electron chi connectivity index (χ3n) is 4.94. The van der Waals surface area contributed by atoms with Gasteiger partial charge in [0.25, 0.3) is 0 Å². The zero-order valence-corrected chi connectivity index (χ0v) is 17.3. The van der Waals surface area contributed by atoms with Crippen LogP contribution in [-0.4, -0.2) is 70.7 Å². The molecular formula is C19H32N4O6. The van der Waals surface area contributed by atoms with E-state index in [0.717, 1.165) is 12.8 Å². The number of likely N-dealkylation sites (tertiary alicyclic amines) is 1. The molecule has 0 aromatic rings. The van der Waals surface area contributed by atoms with Gasteiger partial charge in [0.1, 0.15) is 18.2 Å². The monoisotopic (exact) mass is 412 g/mol. The minimum Gasteiger partial charge on any atom is -0.444 e. The van der Waals surface area contributed by atoms with Crippen molar-refractivity contribution in [3.8, 4) is 0 Å². The van der Waals surface area contributed by atoms with Gasteiger partial charge in [-0.1, -0.05) is 12.8 Å². The summed E-state index contributed by atoms with van der Waals surface area (Å²) in [6.45, 7) is 5.25. The Balaban J connectivity index is 1.92. The Bertz CT molecular complexity index is 643. The van der Waals surface area contributed by atoms with Gasteiger partial charge in [0.15, 0.2) is 6.10 Å². The maximum Gasteiger partial charge on any atom is 0.408 e. The number of alkyl carbamates (subject to hydrolysis) is 1. The average molecular weight is 412 g/mol. The lowest BCUT2D eigenvalue weighted by molar-refractivity contribution is -0.139. The molecule has 29 heavy (non-hydrogen) atoms. The van der Waals surface area contributed by atoms with Crippen LogP contribution in [0.2, 0.25) is 0 Å². The molecule has 0 bridgehead atoms. The van der Waals surface area contributed by atoms with E-state index in [1.54, 1.807) is 20.8 Å². The molecule has 4 amide bonds. The lowest BCUT2D eigenvalue weighted by Gasteiger charge is -2.28. The van der Waals surface area contributed by atoms with Crippen LogP contribution in [0.4, 0.5) is 4.79 Å². The Kier molecular flexibility index (Phi) is 7.45. The smallest absolute Gasteiger partial charge is 0.408 e. The first-order valence-electron chi connectivity index (χ1n) is 10.0.